The molecule has 0 unspecified atom stereocenters. The molecule has 0 fully saturated rings. The minimum atomic E-state index is -4.91. The molecule has 0 radical (unpaired) electrons. The highest BCUT2D eigenvalue weighted by atomic mass is 35.5. The maximum absolute atomic E-state index is 13.4. The van der Waals surface area contributed by atoms with E-state index in [4.69, 9.17) is 11.6 Å². The minimum absolute atomic E-state index is 0.0169. The van der Waals surface area contributed by atoms with Crippen molar-refractivity contribution in [3.05, 3.63) is 94.0 Å². The predicted octanol–water partition coefficient (Wildman–Crippen LogP) is 6.03. The summed E-state index contributed by atoms with van der Waals surface area (Å²) in [5.41, 5.74) is -0.101. The van der Waals surface area contributed by atoms with Crippen LogP contribution in [0.15, 0.2) is 76.7 Å². The van der Waals surface area contributed by atoms with E-state index in [9.17, 15) is 39.6 Å². The van der Waals surface area contributed by atoms with Crippen molar-refractivity contribution in [1.29, 1.82) is 0 Å². The quantitative estimate of drug-likeness (QED) is 0.212. The van der Waals surface area contributed by atoms with E-state index >= 15 is 0 Å². The molecular weight excluding hydrogens is 560 g/mol. The largest absolute Gasteiger partial charge is 0.417 e. The van der Waals surface area contributed by atoms with Crippen LogP contribution in [0.5, 0.6) is 0 Å². The second kappa shape index (κ2) is 11.0. The van der Waals surface area contributed by atoms with E-state index < -0.39 is 56.7 Å². The number of alkyl halides is 6. The van der Waals surface area contributed by atoms with Crippen molar-refractivity contribution in [1.82, 2.24) is 5.43 Å². The first-order chi connectivity index (χ1) is 17.6. The Kier molecular flexibility index (Phi) is 8.42. The van der Waals surface area contributed by atoms with Gasteiger partial charge in [0.25, 0.3) is 15.9 Å². The van der Waals surface area contributed by atoms with Gasteiger partial charge in [-0.25, -0.2) is 13.8 Å². The molecule has 3 rings (SSSR count). The Hall–Kier alpha value is -3.58. The molecule has 0 aliphatic carbocycles. The van der Waals surface area contributed by atoms with E-state index in [1.54, 1.807) is 6.92 Å². The number of hydrogen-bond acceptors (Lipinski definition) is 4. The number of anilines is 1. The monoisotopic (exact) mass is 577 g/mol. The Morgan fingerprint density at radius 3 is 2.24 bits per heavy atom. The number of hydrazone groups is 1. The van der Waals surface area contributed by atoms with E-state index in [1.165, 1.54) is 30.3 Å². The molecule has 0 bridgehead atoms. The van der Waals surface area contributed by atoms with Gasteiger partial charge in [-0.15, -0.1) is 0 Å². The van der Waals surface area contributed by atoms with Crippen LogP contribution in [0.25, 0.3) is 0 Å². The summed E-state index contributed by atoms with van der Waals surface area (Å²) in [7, 11) is -4.56. The van der Waals surface area contributed by atoms with Crippen LogP contribution >= 0.6 is 11.6 Å². The summed E-state index contributed by atoms with van der Waals surface area (Å²) < 4.78 is 106. The van der Waals surface area contributed by atoms with Crippen molar-refractivity contribution < 1.29 is 39.6 Å². The first-order valence-electron chi connectivity index (χ1n) is 10.5. The molecule has 202 valence electrons. The first kappa shape index (κ1) is 29.0. The fraction of sp³-hybridized carbons (Fsp3) is 0.167. The number of hydrogen-bond donors (Lipinski definition) is 1. The third-order valence-corrected chi connectivity index (χ3v) is 7.17. The van der Waals surface area contributed by atoms with Crippen LogP contribution in [0, 0.1) is 6.92 Å². The summed E-state index contributed by atoms with van der Waals surface area (Å²) in [6, 6.07) is 11.7. The summed E-state index contributed by atoms with van der Waals surface area (Å²) in [5.74, 6) is -1.08. The third-order valence-electron chi connectivity index (χ3n) is 5.06. The molecule has 0 aliphatic heterocycles. The molecule has 0 saturated heterocycles. The standard InChI is InChI=1S/C24H18ClF6N3O3S/c1-15-5-8-19(9-6-15)38(36,37)34(18-7-10-21(25)20(12-18)24(29,30)31)14-22(35)33-32-13-16-3-2-4-17(11-16)23(26,27)28/h2-13H,14H2,1H3,(H,33,35)/b32-13-. The first-order valence-corrected chi connectivity index (χ1v) is 12.4. The zero-order valence-electron chi connectivity index (χ0n) is 19.3. The van der Waals surface area contributed by atoms with Crippen molar-refractivity contribution in [2.45, 2.75) is 24.2 Å². The molecule has 1 amide bonds. The Balaban J connectivity index is 1.93. The maximum atomic E-state index is 13.4. The molecule has 3 aromatic rings. The maximum Gasteiger partial charge on any atom is 0.417 e. The molecule has 38 heavy (non-hydrogen) atoms. The average Bonchev–Trinajstić information content (AvgIpc) is 2.82. The summed E-state index contributed by atoms with van der Waals surface area (Å²) in [6.45, 7) is 0.688. The van der Waals surface area contributed by atoms with Crippen LogP contribution in [0.4, 0.5) is 32.0 Å². The van der Waals surface area contributed by atoms with Gasteiger partial charge in [0.1, 0.15) is 6.54 Å². The molecule has 3 aromatic carbocycles. The molecule has 6 nitrogen and oxygen atoms in total. The van der Waals surface area contributed by atoms with Gasteiger partial charge in [0.15, 0.2) is 0 Å². The minimum Gasteiger partial charge on any atom is -0.271 e. The van der Waals surface area contributed by atoms with Crippen molar-refractivity contribution in [2.75, 3.05) is 10.8 Å². The predicted molar refractivity (Wildman–Crippen MR) is 129 cm³/mol. The van der Waals surface area contributed by atoms with Gasteiger partial charge in [-0.3, -0.25) is 9.10 Å². The van der Waals surface area contributed by atoms with Crippen LogP contribution in [0.3, 0.4) is 0 Å². The highest BCUT2D eigenvalue weighted by molar-refractivity contribution is 7.92. The van der Waals surface area contributed by atoms with E-state index in [2.05, 4.69) is 5.10 Å². The topological polar surface area (TPSA) is 78.8 Å². The van der Waals surface area contributed by atoms with E-state index in [1.807, 2.05) is 5.43 Å². The van der Waals surface area contributed by atoms with Gasteiger partial charge in [0, 0.05) is 0 Å². The Bertz CT molecular complexity index is 1460. The van der Waals surface area contributed by atoms with Gasteiger partial charge in [0.05, 0.1) is 32.9 Å². The number of benzene rings is 3. The SMILES string of the molecule is Cc1ccc(S(=O)(=O)N(CC(=O)N/N=C\c2cccc(C(F)(F)F)c2)c2ccc(Cl)c(C(F)(F)F)c2)cc1. The highest BCUT2D eigenvalue weighted by Crippen LogP contribution is 2.38. The second-order valence-corrected chi connectivity index (χ2v) is 10.2. The van der Waals surface area contributed by atoms with E-state index in [-0.39, 0.29) is 10.5 Å². The fourth-order valence-corrected chi connectivity index (χ4v) is 4.82. The number of halogens is 7. The number of sulfonamides is 1. The van der Waals surface area contributed by atoms with Crippen molar-refractivity contribution in [3.63, 3.8) is 0 Å². The summed E-state index contributed by atoms with van der Waals surface area (Å²) in [5, 5.41) is 2.86. The molecular formula is C24H18ClF6N3O3S. The highest BCUT2D eigenvalue weighted by Gasteiger charge is 2.35. The lowest BCUT2D eigenvalue weighted by atomic mass is 10.1. The van der Waals surface area contributed by atoms with Gasteiger partial charge in [-0.05, 0) is 55.0 Å². The lowest BCUT2D eigenvalue weighted by molar-refractivity contribution is -0.138. The van der Waals surface area contributed by atoms with Crippen LogP contribution < -0.4 is 9.73 Å². The Morgan fingerprint density at radius 2 is 1.63 bits per heavy atom. The number of nitrogens with zero attached hydrogens (tertiary/aromatic N) is 2. The Morgan fingerprint density at radius 1 is 0.974 bits per heavy atom. The van der Waals surface area contributed by atoms with E-state index in [0.717, 1.165) is 36.5 Å². The molecule has 14 heteroatoms. The second-order valence-electron chi connectivity index (χ2n) is 7.90. The van der Waals surface area contributed by atoms with Crippen LogP contribution in [0.1, 0.15) is 22.3 Å². The number of amides is 1. The average molecular weight is 578 g/mol. The number of aryl methyl sites for hydroxylation is 1. The van der Waals surface area contributed by atoms with Crippen molar-refractivity contribution >= 4 is 39.4 Å². The van der Waals surface area contributed by atoms with Crippen LogP contribution in [-0.2, 0) is 27.2 Å². The van der Waals surface area contributed by atoms with Gasteiger partial charge in [0.2, 0.25) is 0 Å². The lowest BCUT2D eigenvalue weighted by Gasteiger charge is -2.25. The number of carbonyl (C=O) groups excluding carboxylic acids is 1. The molecule has 0 saturated carbocycles. The van der Waals surface area contributed by atoms with Gasteiger partial charge in [-0.1, -0.05) is 41.4 Å². The number of nitrogens with one attached hydrogen (secondary N) is 1. The molecule has 1 N–H and O–H groups in total. The normalized spacial score (nSPS) is 12.5. The molecule has 0 heterocycles. The summed E-state index contributed by atoms with van der Waals surface area (Å²) in [6.07, 6.45) is -8.62. The number of carbonyl (C=O) groups is 1. The number of rotatable bonds is 7. The zero-order chi connectivity index (χ0) is 28.3. The van der Waals surface area contributed by atoms with Gasteiger partial charge < -0.3 is 0 Å². The fourth-order valence-electron chi connectivity index (χ4n) is 3.18. The smallest absolute Gasteiger partial charge is 0.271 e. The molecule has 0 aliphatic rings. The molecule has 0 aromatic heterocycles. The van der Waals surface area contributed by atoms with Crippen LogP contribution in [0.2, 0.25) is 5.02 Å². The lowest BCUT2D eigenvalue weighted by Crippen LogP contribution is -2.39. The molecule has 0 atom stereocenters. The van der Waals surface area contributed by atoms with Crippen molar-refractivity contribution in [2.24, 2.45) is 5.10 Å². The van der Waals surface area contributed by atoms with E-state index in [0.29, 0.717) is 15.9 Å². The van der Waals surface area contributed by atoms with Crippen molar-refractivity contribution in [3.8, 4) is 0 Å². The van der Waals surface area contributed by atoms with Crippen LogP contribution in [-0.4, -0.2) is 27.1 Å². The molecule has 0 spiro atoms. The van der Waals surface area contributed by atoms with Gasteiger partial charge in [-0.2, -0.15) is 31.4 Å². The third kappa shape index (κ3) is 7.04. The zero-order valence-corrected chi connectivity index (χ0v) is 20.9. The van der Waals surface area contributed by atoms with Gasteiger partial charge >= 0.3 is 12.4 Å². The Labute approximate surface area is 218 Å². The summed E-state index contributed by atoms with van der Waals surface area (Å²) in [4.78, 5) is 12.3. The summed E-state index contributed by atoms with van der Waals surface area (Å²) >= 11 is 5.65.